The first-order valence-electron chi connectivity index (χ1n) is 6.56. The average Bonchev–Trinajstić information content (AvgIpc) is 2.91. The number of amides is 1. The maximum atomic E-state index is 12.1. The molecule has 1 aliphatic carbocycles. The van der Waals surface area contributed by atoms with Gasteiger partial charge in [-0.05, 0) is 37.0 Å². The minimum atomic E-state index is -0.0196. The Morgan fingerprint density at radius 2 is 2.32 bits per heavy atom. The Morgan fingerprint density at radius 3 is 3.00 bits per heavy atom. The molecule has 0 bridgehead atoms. The van der Waals surface area contributed by atoms with E-state index in [0.29, 0.717) is 11.5 Å². The van der Waals surface area contributed by atoms with Gasteiger partial charge in [0, 0.05) is 12.1 Å². The van der Waals surface area contributed by atoms with Gasteiger partial charge in [0.05, 0.1) is 5.69 Å². The molecule has 1 aromatic carbocycles. The van der Waals surface area contributed by atoms with Crippen LogP contribution < -0.4 is 5.32 Å². The van der Waals surface area contributed by atoms with Gasteiger partial charge >= 0.3 is 0 Å². The monoisotopic (exact) mass is 256 g/mol. The Labute approximate surface area is 111 Å². The topological polar surface area (TPSA) is 59.8 Å². The van der Waals surface area contributed by atoms with E-state index in [-0.39, 0.29) is 5.91 Å². The van der Waals surface area contributed by atoms with Crippen molar-refractivity contribution < 1.29 is 4.79 Å². The van der Waals surface area contributed by atoms with Gasteiger partial charge in [0.2, 0.25) is 0 Å². The number of hydrogen-bond acceptors (Lipinski definition) is 3. The third kappa shape index (κ3) is 2.65. The van der Waals surface area contributed by atoms with Crippen LogP contribution in [0.1, 0.15) is 29.6 Å². The van der Waals surface area contributed by atoms with Crippen molar-refractivity contribution in [3.05, 3.63) is 42.5 Å². The lowest BCUT2D eigenvalue weighted by atomic mass is 9.85. The van der Waals surface area contributed by atoms with E-state index in [0.717, 1.165) is 12.2 Å². The Morgan fingerprint density at radius 1 is 1.42 bits per heavy atom. The van der Waals surface area contributed by atoms with E-state index >= 15 is 0 Å². The van der Waals surface area contributed by atoms with E-state index in [4.69, 9.17) is 0 Å². The van der Waals surface area contributed by atoms with Crippen LogP contribution in [0, 0.1) is 5.92 Å². The molecule has 5 heteroatoms. The third-order valence-corrected chi connectivity index (χ3v) is 3.57. The molecule has 98 valence electrons. The highest BCUT2D eigenvalue weighted by Crippen LogP contribution is 2.25. The molecular formula is C14H16N4O. The molecule has 1 fully saturated rings. The first-order valence-corrected chi connectivity index (χ1v) is 6.56. The molecule has 0 spiro atoms. The molecule has 1 N–H and O–H groups in total. The van der Waals surface area contributed by atoms with Crippen molar-refractivity contribution in [1.82, 2.24) is 20.1 Å². The van der Waals surface area contributed by atoms with Gasteiger partial charge < -0.3 is 5.32 Å². The molecule has 1 saturated carbocycles. The molecule has 0 unspecified atom stereocenters. The number of rotatable bonds is 4. The summed E-state index contributed by atoms with van der Waals surface area (Å²) in [5, 5.41) is 7.05. The minimum absolute atomic E-state index is 0.0196. The third-order valence-electron chi connectivity index (χ3n) is 3.57. The fourth-order valence-electron chi connectivity index (χ4n) is 2.17. The Kier molecular flexibility index (Phi) is 3.27. The number of carbonyl (C=O) groups excluding carboxylic acids is 1. The summed E-state index contributed by atoms with van der Waals surface area (Å²) in [6, 6.07) is 7.40. The first-order chi connectivity index (χ1) is 9.33. The molecule has 0 aliphatic heterocycles. The van der Waals surface area contributed by atoms with Gasteiger partial charge in [-0.25, -0.2) is 9.67 Å². The van der Waals surface area contributed by atoms with Crippen LogP contribution in [0.25, 0.3) is 5.69 Å². The molecule has 2 aromatic rings. The highest BCUT2D eigenvalue weighted by atomic mass is 16.1. The van der Waals surface area contributed by atoms with Crippen molar-refractivity contribution in [2.75, 3.05) is 6.54 Å². The molecule has 1 amide bonds. The quantitative estimate of drug-likeness (QED) is 0.907. The molecule has 0 radical (unpaired) electrons. The summed E-state index contributed by atoms with van der Waals surface area (Å²) in [5.41, 5.74) is 1.50. The zero-order valence-corrected chi connectivity index (χ0v) is 10.6. The Hall–Kier alpha value is -2.17. The van der Waals surface area contributed by atoms with Gasteiger partial charge in [-0.3, -0.25) is 4.79 Å². The number of nitrogens with zero attached hydrogens (tertiary/aromatic N) is 3. The summed E-state index contributed by atoms with van der Waals surface area (Å²) in [6.07, 6.45) is 6.86. The van der Waals surface area contributed by atoms with Crippen LogP contribution in [0.3, 0.4) is 0 Å². The molecule has 0 saturated heterocycles. The van der Waals surface area contributed by atoms with Crippen LogP contribution in [0.2, 0.25) is 0 Å². The predicted octanol–water partition coefficient (Wildman–Crippen LogP) is 1.80. The predicted molar refractivity (Wildman–Crippen MR) is 71.0 cm³/mol. The summed E-state index contributed by atoms with van der Waals surface area (Å²) < 4.78 is 1.64. The van der Waals surface area contributed by atoms with Gasteiger partial charge in [0.25, 0.3) is 5.91 Å². The number of hydrogen-bond donors (Lipinski definition) is 1. The van der Waals surface area contributed by atoms with E-state index in [1.54, 1.807) is 11.0 Å². The van der Waals surface area contributed by atoms with Gasteiger partial charge in [0.15, 0.2) is 0 Å². The number of benzene rings is 1. The SMILES string of the molecule is O=C(NCC1CCC1)c1cccc(-n2cncn2)c1. The van der Waals surface area contributed by atoms with E-state index < -0.39 is 0 Å². The molecule has 1 heterocycles. The van der Waals surface area contributed by atoms with Crippen LogP contribution in [-0.4, -0.2) is 27.2 Å². The van der Waals surface area contributed by atoms with Crippen LogP contribution in [-0.2, 0) is 0 Å². The molecule has 1 aliphatic rings. The second-order valence-corrected chi connectivity index (χ2v) is 4.90. The zero-order chi connectivity index (χ0) is 13.1. The second-order valence-electron chi connectivity index (χ2n) is 4.90. The minimum Gasteiger partial charge on any atom is -0.352 e. The summed E-state index contributed by atoms with van der Waals surface area (Å²) in [5.74, 6) is 0.649. The number of carbonyl (C=O) groups is 1. The van der Waals surface area contributed by atoms with Crippen molar-refractivity contribution >= 4 is 5.91 Å². The fraction of sp³-hybridized carbons (Fsp3) is 0.357. The van der Waals surface area contributed by atoms with Crippen LogP contribution in [0.15, 0.2) is 36.9 Å². The summed E-state index contributed by atoms with van der Waals surface area (Å²) in [7, 11) is 0. The van der Waals surface area contributed by atoms with Gasteiger partial charge in [0.1, 0.15) is 12.7 Å². The van der Waals surface area contributed by atoms with E-state index in [1.165, 1.54) is 25.6 Å². The average molecular weight is 256 g/mol. The van der Waals surface area contributed by atoms with E-state index in [1.807, 2.05) is 24.3 Å². The largest absolute Gasteiger partial charge is 0.352 e. The van der Waals surface area contributed by atoms with E-state index in [2.05, 4.69) is 15.4 Å². The summed E-state index contributed by atoms with van der Waals surface area (Å²) >= 11 is 0. The van der Waals surface area contributed by atoms with Crippen molar-refractivity contribution in [3.8, 4) is 5.69 Å². The van der Waals surface area contributed by atoms with Crippen LogP contribution in [0.4, 0.5) is 0 Å². The van der Waals surface area contributed by atoms with Crippen molar-refractivity contribution in [2.24, 2.45) is 5.92 Å². The molecule has 5 nitrogen and oxygen atoms in total. The van der Waals surface area contributed by atoms with Crippen molar-refractivity contribution in [1.29, 1.82) is 0 Å². The number of aromatic nitrogens is 3. The highest BCUT2D eigenvalue weighted by molar-refractivity contribution is 5.94. The molecule has 19 heavy (non-hydrogen) atoms. The molecule has 0 atom stereocenters. The standard InChI is InChI=1S/C14H16N4O/c19-14(16-8-11-3-1-4-11)12-5-2-6-13(7-12)18-10-15-9-17-18/h2,5-7,9-11H,1,3-4,8H2,(H,16,19). The lowest BCUT2D eigenvalue weighted by Crippen LogP contribution is -2.32. The maximum absolute atomic E-state index is 12.1. The smallest absolute Gasteiger partial charge is 0.251 e. The fourth-order valence-corrected chi connectivity index (χ4v) is 2.17. The highest BCUT2D eigenvalue weighted by Gasteiger charge is 2.18. The molecule has 1 aromatic heterocycles. The Balaban J connectivity index is 1.69. The van der Waals surface area contributed by atoms with Gasteiger partial charge in [-0.2, -0.15) is 5.10 Å². The lowest BCUT2D eigenvalue weighted by molar-refractivity contribution is 0.0939. The van der Waals surface area contributed by atoms with Crippen LogP contribution >= 0.6 is 0 Å². The van der Waals surface area contributed by atoms with Crippen LogP contribution in [0.5, 0.6) is 0 Å². The Bertz CT molecular complexity index is 561. The van der Waals surface area contributed by atoms with Crippen molar-refractivity contribution in [3.63, 3.8) is 0 Å². The molecule has 3 rings (SSSR count). The maximum Gasteiger partial charge on any atom is 0.251 e. The first kappa shape index (κ1) is 11.9. The van der Waals surface area contributed by atoms with Crippen molar-refractivity contribution in [2.45, 2.75) is 19.3 Å². The normalized spacial score (nSPS) is 14.9. The zero-order valence-electron chi connectivity index (χ0n) is 10.6. The summed E-state index contributed by atoms with van der Waals surface area (Å²) in [4.78, 5) is 16.0. The second kappa shape index (κ2) is 5.22. The number of nitrogens with one attached hydrogen (secondary N) is 1. The van der Waals surface area contributed by atoms with Gasteiger partial charge in [-0.15, -0.1) is 0 Å². The summed E-state index contributed by atoms with van der Waals surface area (Å²) in [6.45, 7) is 0.784. The lowest BCUT2D eigenvalue weighted by Gasteiger charge is -2.25. The van der Waals surface area contributed by atoms with Gasteiger partial charge in [-0.1, -0.05) is 12.5 Å². The van der Waals surface area contributed by atoms with E-state index in [9.17, 15) is 4.79 Å². The molecular weight excluding hydrogens is 240 g/mol.